The Kier molecular flexibility index (Phi) is 7.27. The van der Waals surface area contributed by atoms with Crippen LogP contribution in [-0.2, 0) is 5.54 Å². The van der Waals surface area contributed by atoms with E-state index in [1.165, 1.54) is 12.2 Å². The van der Waals surface area contributed by atoms with Gasteiger partial charge in [-0.05, 0) is 36.6 Å². The van der Waals surface area contributed by atoms with Crippen LogP contribution in [0.5, 0.6) is 0 Å². The number of aliphatic imine (C=N–C) groups is 1. The predicted octanol–water partition coefficient (Wildman–Crippen LogP) is 3.12. The van der Waals surface area contributed by atoms with Crippen LogP contribution in [0.15, 0.2) is 47.1 Å². The van der Waals surface area contributed by atoms with Crippen molar-refractivity contribution >= 4 is 17.4 Å². The Labute approximate surface area is 201 Å². The van der Waals surface area contributed by atoms with Gasteiger partial charge in [-0.15, -0.1) is 9.78 Å². The largest absolute Gasteiger partial charge is 0.365 e. The van der Waals surface area contributed by atoms with Crippen LogP contribution in [0.3, 0.4) is 0 Å². The molecule has 1 aliphatic heterocycles. The Morgan fingerprint density at radius 2 is 1.80 bits per heavy atom. The van der Waals surface area contributed by atoms with Crippen LogP contribution >= 0.6 is 0 Å². The van der Waals surface area contributed by atoms with Crippen LogP contribution in [0.4, 0.5) is 23.4 Å². The SMILES string of the molecule is NCC1([n+]2cc(C(N)=O)c(N=C3C=CC(=CC(F)F)C=C3)[nH]2)CCC(N2CCC(F)(F)CC2)CC1. The van der Waals surface area contributed by atoms with E-state index in [-0.39, 0.29) is 30.3 Å². The van der Waals surface area contributed by atoms with Crippen LogP contribution in [0, 0.1) is 0 Å². The highest BCUT2D eigenvalue weighted by molar-refractivity contribution is 6.08. The first-order valence-electron chi connectivity index (χ1n) is 11.8. The lowest BCUT2D eigenvalue weighted by Gasteiger charge is -2.42. The number of halogens is 4. The van der Waals surface area contributed by atoms with E-state index in [4.69, 9.17) is 11.5 Å². The maximum atomic E-state index is 13.5. The first kappa shape index (κ1) is 25.3. The molecule has 0 spiro atoms. The third kappa shape index (κ3) is 5.72. The number of allylic oxidation sites excluding steroid dienone is 6. The number of nitrogens with two attached hydrogens (primary N) is 2. The molecule has 0 atom stereocenters. The molecular weight excluding hydrogens is 464 g/mol. The number of H-pyrrole nitrogens is 1. The molecule has 0 radical (unpaired) electrons. The van der Waals surface area contributed by atoms with Gasteiger partial charge in [0.1, 0.15) is 0 Å². The van der Waals surface area contributed by atoms with Gasteiger partial charge in [-0.3, -0.25) is 9.69 Å². The van der Waals surface area contributed by atoms with Gasteiger partial charge in [0.2, 0.25) is 17.6 Å². The monoisotopic (exact) mass is 495 g/mol. The zero-order valence-electron chi connectivity index (χ0n) is 19.4. The molecule has 11 heteroatoms. The van der Waals surface area contributed by atoms with Crippen LogP contribution in [0.1, 0.15) is 48.9 Å². The molecule has 0 aromatic carbocycles. The topological polar surface area (TPSA) is 104 Å². The third-order valence-corrected chi connectivity index (χ3v) is 7.28. The smallest absolute Gasteiger partial charge is 0.258 e. The first-order valence-corrected chi connectivity index (χ1v) is 11.8. The molecule has 1 amide bonds. The molecule has 0 bridgehead atoms. The quantitative estimate of drug-likeness (QED) is 0.417. The fraction of sp³-hybridized carbons (Fsp3) is 0.542. The normalized spacial score (nSPS) is 26.9. The number of rotatable bonds is 6. The van der Waals surface area contributed by atoms with E-state index in [0.717, 1.165) is 18.9 Å². The molecular formula is C24H31F4N6O+. The van der Waals surface area contributed by atoms with Crippen LogP contribution in [-0.4, -0.2) is 59.6 Å². The summed E-state index contributed by atoms with van der Waals surface area (Å²) in [6.07, 6.45) is 8.90. The number of amides is 1. The van der Waals surface area contributed by atoms with E-state index in [0.29, 0.717) is 43.8 Å². The van der Waals surface area contributed by atoms with Gasteiger partial charge >= 0.3 is 0 Å². The Morgan fingerprint density at radius 1 is 1.17 bits per heavy atom. The van der Waals surface area contributed by atoms with E-state index in [1.54, 1.807) is 23.0 Å². The Bertz CT molecular complexity index is 1040. The Hall–Kier alpha value is -2.79. The minimum Gasteiger partial charge on any atom is -0.365 e. The van der Waals surface area contributed by atoms with Gasteiger partial charge in [0.15, 0.2) is 5.56 Å². The Morgan fingerprint density at radius 3 is 2.34 bits per heavy atom. The number of aromatic amines is 1. The fourth-order valence-corrected chi connectivity index (χ4v) is 5.12. The minimum atomic E-state index is -2.57. The van der Waals surface area contributed by atoms with Crippen LogP contribution < -0.4 is 16.1 Å². The summed E-state index contributed by atoms with van der Waals surface area (Å²) < 4.78 is 54.0. The molecule has 1 saturated carbocycles. The molecule has 2 fully saturated rings. The van der Waals surface area contributed by atoms with Crippen molar-refractivity contribution < 1.29 is 27.0 Å². The predicted molar refractivity (Wildman–Crippen MR) is 124 cm³/mol. The summed E-state index contributed by atoms with van der Waals surface area (Å²) in [5.74, 6) is -2.97. The van der Waals surface area contributed by atoms with E-state index in [1.807, 2.05) is 0 Å². The second kappa shape index (κ2) is 10.1. The summed E-state index contributed by atoms with van der Waals surface area (Å²) in [5.41, 5.74) is 12.4. The third-order valence-electron chi connectivity index (χ3n) is 7.28. The van der Waals surface area contributed by atoms with Crippen LogP contribution in [0.2, 0.25) is 0 Å². The molecule has 1 aromatic heterocycles. The summed E-state index contributed by atoms with van der Waals surface area (Å²) in [4.78, 5) is 18.8. The number of carbonyl (C=O) groups excluding carboxylic acids is 1. The van der Waals surface area contributed by atoms with Crippen LogP contribution in [0.25, 0.3) is 0 Å². The number of alkyl halides is 4. The molecule has 5 N–H and O–H groups in total. The van der Waals surface area contributed by atoms with Crippen molar-refractivity contribution in [3.63, 3.8) is 0 Å². The van der Waals surface area contributed by atoms with Crippen molar-refractivity contribution in [2.45, 2.75) is 62.5 Å². The highest BCUT2D eigenvalue weighted by Crippen LogP contribution is 2.36. The van der Waals surface area contributed by atoms with Crippen molar-refractivity contribution in [3.05, 3.63) is 47.7 Å². The summed E-state index contributed by atoms with van der Waals surface area (Å²) in [6, 6.07) is 0.227. The maximum absolute atomic E-state index is 13.5. The standard InChI is InChI=1S/C24H30F4N6O/c25-20(26)13-16-1-3-17(4-2-16)31-22-19(21(30)35)14-34(32-22)23(15-29)7-5-18(6-8-23)33-11-9-24(27,28)10-12-33/h1-4,13-14,18,20H,5-12,15,29H2,(H2,30,35)/p+1. The number of likely N-dealkylation sites (tertiary alicyclic amines) is 1. The van der Waals surface area contributed by atoms with Crippen molar-refractivity contribution in [1.82, 2.24) is 10.00 Å². The number of nitrogens with one attached hydrogen (secondary N) is 1. The number of primary amides is 1. The van der Waals surface area contributed by atoms with E-state index in [9.17, 15) is 22.4 Å². The summed E-state index contributed by atoms with van der Waals surface area (Å²) >= 11 is 0. The van der Waals surface area contributed by atoms with Crippen molar-refractivity contribution in [2.75, 3.05) is 19.6 Å². The number of aromatic nitrogens is 2. The zero-order chi connectivity index (χ0) is 25.2. The molecule has 3 aliphatic rings. The average Bonchev–Trinajstić information content (AvgIpc) is 3.25. The summed E-state index contributed by atoms with van der Waals surface area (Å²) in [7, 11) is 0. The molecule has 4 rings (SSSR count). The zero-order valence-corrected chi connectivity index (χ0v) is 19.4. The van der Waals surface area contributed by atoms with Gasteiger partial charge in [0, 0.05) is 44.8 Å². The average molecular weight is 496 g/mol. The summed E-state index contributed by atoms with van der Waals surface area (Å²) in [6.45, 7) is 1.11. The fourth-order valence-electron chi connectivity index (χ4n) is 5.12. The second-order valence-corrected chi connectivity index (χ2v) is 9.49. The van der Waals surface area contributed by atoms with Gasteiger partial charge < -0.3 is 11.5 Å². The van der Waals surface area contributed by atoms with Gasteiger partial charge in [-0.2, -0.15) is 0 Å². The molecule has 190 valence electrons. The molecule has 35 heavy (non-hydrogen) atoms. The highest BCUT2D eigenvalue weighted by Gasteiger charge is 2.47. The van der Waals surface area contributed by atoms with E-state index >= 15 is 0 Å². The van der Waals surface area contributed by atoms with E-state index < -0.39 is 23.8 Å². The van der Waals surface area contributed by atoms with Crippen molar-refractivity contribution in [3.8, 4) is 0 Å². The lowest BCUT2D eigenvalue weighted by molar-refractivity contribution is -0.812. The lowest BCUT2D eigenvalue weighted by Crippen LogP contribution is -2.64. The number of hydrogen-bond acceptors (Lipinski definition) is 4. The number of nitrogens with zero attached hydrogens (tertiary/aromatic N) is 3. The van der Waals surface area contributed by atoms with Gasteiger partial charge in [-0.1, -0.05) is 12.2 Å². The van der Waals surface area contributed by atoms with E-state index in [2.05, 4.69) is 15.0 Å². The van der Waals surface area contributed by atoms with Crippen molar-refractivity contribution in [2.24, 2.45) is 16.5 Å². The van der Waals surface area contributed by atoms with Crippen molar-refractivity contribution in [1.29, 1.82) is 0 Å². The molecule has 2 aliphatic carbocycles. The molecule has 1 saturated heterocycles. The second-order valence-electron chi connectivity index (χ2n) is 9.49. The lowest BCUT2D eigenvalue weighted by atomic mass is 9.78. The first-order chi connectivity index (χ1) is 16.6. The van der Waals surface area contributed by atoms with Gasteiger partial charge in [0.05, 0.1) is 12.3 Å². The number of piperidine rings is 1. The van der Waals surface area contributed by atoms with Gasteiger partial charge in [-0.25, -0.2) is 22.6 Å². The highest BCUT2D eigenvalue weighted by atomic mass is 19.3. The number of hydrogen-bond donors (Lipinski definition) is 3. The minimum absolute atomic E-state index is 0.106. The molecule has 2 heterocycles. The molecule has 7 nitrogen and oxygen atoms in total. The summed E-state index contributed by atoms with van der Waals surface area (Å²) in [5, 5.41) is 3.15. The Balaban J connectivity index is 1.51. The molecule has 0 unspecified atom stereocenters. The molecule has 1 aromatic rings. The van der Waals surface area contributed by atoms with Gasteiger partial charge in [0.25, 0.3) is 18.3 Å². The number of carbonyl (C=O) groups is 1. The maximum Gasteiger partial charge on any atom is 0.258 e.